The number of anilines is 1. The summed E-state index contributed by atoms with van der Waals surface area (Å²) in [5.74, 6) is 2.21. The molecule has 0 spiro atoms. The van der Waals surface area contributed by atoms with Gasteiger partial charge in [0, 0.05) is 36.2 Å². The van der Waals surface area contributed by atoms with Crippen molar-refractivity contribution in [1.82, 2.24) is 14.9 Å². The van der Waals surface area contributed by atoms with Crippen LogP contribution in [0, 0.1) is 5.92 Å². The molecule has 2 N–H and O–H groups in total. The van der Waals surface area contributed by atoms with Gasteiger partial charge < -0.3 is 29.4 Å². The van der Waals surface area contributed by atoms with Gasteiger partial charge in [-0.1, -0.05) is 6.07 Å². The van der Waals surface area contributed by atoms with Crippen LogP contribution in [0.2, 0.25) is 0 Å². The van der Waals surface area contributed by atoms with Crippen molar-refractivity contribution < 1.29 is 19.0 Å². The zero-order valence-electron chi connectivity index (χ0n) is 18.8. The highest BCUT2D eigenvalue weighted by atomic mass is 16.5. The van der Waals surface area contributed by atoms with E-state index in [2.05, 4.69) is 27.2 Å². The predicted molar refractivity (Wildman–Crippen MR) is 124 cm³/mol. The summed E-state index contributed by atoms with van der Waals surface area (Å²) in [6, 6.07) is 9.45. The number of pyridine rings is 1. The minimum absolute atomic E-state index is 0.0463. The second-order valence-corrected chi connectivity index (χ2v) is 8.01. The molecule has 1 aliphatic carbocycles. The Bertz CT molecular complexity index is 1050. The molecule has 1 amide bonds. The lowest BCUT2D eigenvalue weighted by atomic mass is 10.0. The highest BCUT2D eigenvalue weighted by molar-refractivity contribution is 5.99. The van der Waals surface area contributed by atoms with Crippen molar-refractivity contribution in [2.75, 3.05) is 52.9 Å². The van der Waals surface area contributed by atoms with Gasteiger partial charge in [-0.05, 0) is 44.2 Å². The SMILES string of the molecule is CN1CCOCC1.COc1cccc(OC)c1-c1c[nH]c2nc(NC(=O)C3CC3)ccc12. The Morgan fingerprint density at radius 3 is 2.38 bits per heavy atom. The molecule has 1 saturated heterocycles. The average molecular weight is 439 g/mol. The highest BCUT2D eigenvalue weighted by Crippen LogP contribution is 2.41. The number of benzene rings is 1. The van der Waals surface area contributed by atoms with Crippen LogP contribution in [0.3, 0.4) is 0 Å². The first-order valence-corrected chi connectivity index (χ1v) is 10.9. The van der Waals surface area contributed by atoms with Gasteiger partial charge in [0.25, 0.3) is 0 Å². The summed E-state index contributed by atoms with van der Waals surface area (Å²) in [6.07, 6.45) is 3.81. The van der Waals surface area contributed by atoms with Crippen molar-refractivity contribution in [3.8, 4) is 22.6 Å². The topological polar surface area (TPSA) is 88.7 Å². The van der Waals surface area contributed by atoms with Gasteiger partial charge in [0.2, 0.25) is 5.91 Å². The minimum atomic E-state index is 0.0463. The van der Waals surface area contributed by atoms with Gasteiger partial charge in [-0.25, -0.2) is 4.98 Å². The number of carbonyl (C=O) groups excluding carboxylic acids is 1. The molecule has 32 heavy (non-hydrogen) atoms. The predicted octanol–water partition coefficient (Wildman–Crippen LogP) is 3.54. The third-order valence-corrected chi connectivity index (χ3v) is 5.67. The van der Waals surface area contributed by atoms with Gasteiger partial charge in [-0.2, -0.15) is 0 Å². The summed E-state index contributed by atoms with van der Waals surface area (Å²) in [6.45, 7) is 4.02. The van der Waals surface area contributed by atoms with E-state index in [9.17, 15) is 4.79 Å². The fourth-order valence-corrected chi connectivity index (χ4v) is 3.63. The molecule has 170 valence electrons. The third-order valence-electron chi connectivity index (χ3n) is 5.67. The number of aromatic nitrogens is 2. The van der Waals surface area contributed by atoms with E-state index < -0.39 is 0 Å². The number of amides is 1. The normalized spacial score (nSPS) is 16.2. The number of hydrogen-bond donors (Lipinski definition) is 2. The number of fused-ring (bicyclic) bond motifs is 1. The number of hydrogen-bond acceptors (Lipinski definition) is 6. The Balaban J connectivity index is 0.000000300. The smallest absolute Gasteiger partial charge is 0.228 e. The zero-order valence-corrected chi connectivity index (χ0v) is 18.8. The Kier molecular flexibility index (Phi) is 6.92. The Hall–Kier alpha value is -3.10. The third kappa shape index (κ3) is 5.03. The fraction of sp³-hybridized carbons (Fsp3) is 0.417. The maximum Gasteiger partial charge on any atom is 0.228 e. The van der Waals surface area contributed by atoms with Crippen molar-refractivity contribution in [3.63, 3.8) is 0 Å². The second-order valence-electron chi connectivity index (χ2n) is 8.01. The summed E-state index contributed by atoms with van der Waals surface area (Å²) in [7, 11) is 5.39. The van der Waals surface area contributed by atoms with E-state index in [4.69, 9.17) is 14.2 Å². The van der Waals surface area contributed by atoms with Crippen molar-refractivity contribution in [3.05, 3.63) is 36.5 Å². The van der Waals surface area contributed by atoms with Crippen LogP contribution in [0.15, 0.2) is 36.5 Å². The van der Waals surface area contributed by atoms with Crippen LogP contribution in [0.4, 0.5) is 5.82 Å². The van der Waals surface area contributed by atoms with Gasteiger partial charge in [-0.15, -0.1) is 0 Å². The molecule has 2 aromatic heterocycles. The number of H-pyrrole nitrogens is 1. The van der Waals surface area contributed by atoms with Crippen LogP contribution in [0.25, 0.3) is 22.2 Å². The molecule has 1 saturated carbocycles. The van der Waals surface area contributed by atoms with E-state index in [1.165, 1.54) is 0 Å². The number of carbonyl (C=O) groups is 1. The lowest BCUT2D eigenvalue weighted by Crippen LogP contribution is -2.32. The number of methoxy groups -OCH3 is 2. The van der Waals surface area contributed by atoms with Crippen molar-refractivity contribution in [2.45, 2.75) is 12.8 Å². The number of likely N-dealkylation sites (N-methyl/N-ethyl adjacent to an activating group) is 1. The summed E-state index contributed by atoms with van der Waals surface area (Å²) >= 11 is 0. The van der Waals surface area contributed by atoms with Crippen molar-refractivity contribution in [2.24, 2.45) is 5.92 Å². The molecule has 3 aromatic rings. The molecular weight excluding hydrogens is 408 g/mol. The van der Waals surface area contributed by atoms with E-state index in [0.29, 0.717) is 11.5 Å². The van der Waals surface area contributed by atoms with E-state index in [0.717, 1.165) is 67.2 Å². The monoisotopic (exact) mass is 438 g/mol. The van der Waals surface area contributed by atoms with Gasteiger partial charge in [0.15, 0.2) is 0 Å². The molecule has 5 rings (SSSR count). The molecule has 0 atom stereocenters. The first-order valence-electron chi connectivity index (χ1n) is 10.9. The molecule has 1 aliphatic heterocycles. The van der Waals surface area contributed by atoms with Gasteiger partial charge in [0.1, 0.15) is 23.0 Å². The van der Waals surface area contributed by atoms with Crippen LogP contribution in [0.5, 0.6) is 11.5 Å². The van der Waals surface area contributed by atoms with E-state index in [1.807, 2.05) is 36.5 Å². The minimum Gasteiger partial charge on any atom is -0.496 e. The number of nitrogens with one attached hydrogen (secondary N) is 2. The van der Waals surface area contributed by atoms with Crippen LogP contribution < -0.4 is 14.8 Å². The maximum atomic E-state index is 11.9. The lowest BCUT2D eigenvalue weighted by molar-refractivity contribution is -0.117. The molecule has 1 aromatic carbocycles. The molecule has 2 fully saturated rings. The number of nitrogens with zero attached hydrogens (tertiary/aromatic N) is 2. The summed E-state index contributed by atoms with van der Waals surface area (Å²) in [4.78, 5) is 21.9. The summed E-state index contributed by atoms with van der Waals surface area (Å²) < 4.78 is 16.1. The zero-order chi connectivity index (χ0) is 22.5. The van der Waals surface area contributed by atoms with Gasteiger partial charge >= 0.3 is 0 Å². The number of morpholine rings is 1. The van der Waals surface area contributed by atoms with Gasteiger partial charge in [0.05, 0.1) is 33.0 Å². The first-order chi connectivity index (χ1) is 15.6. The molecule has 0 bridgehead atoms. The Morgan fingerprint density at radius 1 is 1.12 bits per heavy atom. The molecule has 8 nitrogen and oxygen atoms in total. The number of aromatic amines is 1. The fourth-order valence-electron chi connectivity index (χ4n) is 3.63. The number of ether oxygens (including phenoxy) is 3. The average Bonchev–Trinajstić information content (AvgIpc) is 3.60. The lowest BCUT2D eigenvalue weighted by Gasteiger charge is -2.21. The van der Waals surface area contributed by atoms with Crippen molar-refractivity contribution in [1.29, 1.82) is 0 Å². The molecule has 2 aliphatic rings. The number of rotatable bonds is 5. The van der Waals surface area contributed by atoms with E-state index in [1.54, 1.807) is 14.2 Å². The summed E-state index contributed by atoms with van der Waals surface area (Å²) in [5.41, 5.74) is 2.52. The van der Waals surface area contributed by atoms with Crippen molar-refractivity contribution >= 4 is 22.8 Å². The molecule has 0 unspecified atom stereocenters. The van der Waals surface area contributed by atoms with Crippen LogP contribution >= 0.6 is 0 Å². The van der Waals surface area contributed by atoms with Crippen LogP contribution in [0.1, 0.15) is 12.8 Å². The molecule has 3 heterocycles. The van der Waals surface area contributed by atoms with E-state index >= 15 is 0 Å². The highest BCUT2D eigenvalue weighted by Gasteiger charge is 2.29. The summed E-state index contributed by atoms with van der Waals surface area (Å²) in [5, 5.41) is 3.81. The van der Waals surface area contributed by atoms with E-state index in [-0.39, 0.29) is 11.8 Å². The van der Waals surface area contributed by atoms with Crippen LogP contribution in [-0.2, 0) is 9.53 Å². The molecule has 0 radical (unpaired) electrons. The Morgan fingerprint density at radius 2 is 1.81 bits per heavy atom. The largest absolute Gasteiger partial charge is 0.496 e. The second kappa shape index (κ2) is 10.0. The Labute approximate surface area is 187 Å². The quantitative estimate of drug-likeness (QED) is 0.633. The molecular formula is C24H30N4O4. The van der Waals surface area contributed by atoms with Gasteiger partial charge in [-0.3, -0.25) is 4.79 Å². The standard InChI is InChI=1S/C19H19N3O3.C5H11NO/c1-24-14-4-3-5-15(25-2)17(14)13-10-20-18-12(13)8-9-16(21-18)22-19(23)11-6-7-11;1-6-2-4-7-5-3-6/h3-5,8-11H,6-7H2,1-2H3,(H2,20,21,22,23);2-5H2,1H3. The first kappa shape index (κ1) is 22.1. The molecule has 8 heteroatoms. The van der Waals surface area contributed by atoms with Crippen LogP contribution in [-0.4, -0.2) is 68.3 Å². The maximum absolute atomic E-state index is 11.9.